The minimum Gasteiger partial charge on any atom is -0.398 e. The summed E-state index contributed by atoms with van der Waals surface area (Å²) in [6.45, 7) is 0. The summed E-state index contributed by atoms with van der Waals surface area (Å²) in [4.78, 5) is 0.948. The second kappa shape index (κ2) is 5.66. The van der Waals surface area contributed by atoms with Crippen LogP contribution in [0, 0.1) is 5.92 Å². The number of anilines is 1. The number of nitrogens with one attached hydrogen (secondary N) is 1. The van der Waals surface area contributed by atoms with Crippen molar-refractivity contribution in [1.29, 1.82) is 0 Å². The standard InChI is InChI=1S/C18H16Cl2N2S/c19-10-2-3-11-13(8-10)17(9-1-5-14(20)15(21)7-9)12-4-6-16(23)22-18(11)12/h1-3,5,7-8,12,17-18H,4,6,21H2,(H,22,23). The van der Waals surface area contributed by atoms with Crippen LogP contribution in [0.4, 0.5) is 5.69 Å². The highest BCUT2D eigenvalue weighted by atomic mass is 35.5. The molecule has 4 rings (SSSR count). The van der Waals surface area contributed by atoms with Crippen molar-refractivity contribution in [3.05, 3.63) is 63.1 Å². The van der Waals surface area contributed by atoms with Gasteiger partial charge in [0.2, 0.25) is 0 Å². The predicted octanol–water partition coefficient (Wildman–Crippen LogP) is 5.09. The monoisotopic (exact) mass is 362 g/mol. The van der Waals surface area contributed by atoms with E-state index in [1.165, 1.54) is 16.7 Å². The number of piperidine rings is 1. The van der Waals surface area contributed by atoms with Gasteiger partial charge in [-0.2, -0.15) is 0 Å². The van der Waals surface area contributed by atoms with E-state index in [0.29, 0.717) is 16.6 Å². The lowest BCUT2D eigenvalue weighted by molar-refractivity contribution is 0.357. The van der Waals surface area contributed by atoms with Crippen molar-refractivity contribution in [3.8, 4) is 0 Å². The molecular formula is C18H16Cl2N2S. The molecule has 2 aromatic carbocycles. The zero-order chi connectivity index (χ0) is 16.1. The van der Waals surface area contributed by atoms with Crippen LogP contribution in [0.15, 0.2) is 36.4 Å². The first kappa shape index (κ1) is 15.3. The van der Waals surface area contributed by atoms with Gasteiger partial charge in [0.1, 0.15) is 0 Å². The van der Waals surface area contributed by atoms with E-state index in [0.717, 1.165) is 22.9 Å². The fourth-order valence-electron chi connectivity index (χ4n) is 4.00. The summed E-state index contributed by atoms with van der Waals surface area (Å²) in [5, 5.41) is 4.87. The molecule has 1 fully saturated rings. The number of fused-ring (bicyclic) bond motifs is 3. The van der Waals surface area contributed by atoms with Gasteiger partial charge in [-0.3, -0.25) is 0 Å². The number of hydrogen-bond donors (Lipinski definition) is 2. The van der Waals surface area contributed by atoms with Gasteiger partial charge in [-0.05, 0) is 59.7 Å². The molecule has 23 heavy (non-hydrogen) atoms. The molecule has 3 atom stereocenters. The first-order valence-corrected chi connectivity index (χ1v) is 8.84. The lowest BCUT2D eigenvalue weighted by atomic mass is 9.80. The Morgan fingerprint density at radius 1 is 1.09 bits per heavy atom. The third-order valence-corrected chi connectivity index (χ3v) is 5.88. The molecule has 2 aliphatic rings. The molecule has 1 saturated heterocycles. The molecule has 3 unspecified atom stereocenters. The molecule has 118 valence electrons. The third kappa shape index (κ3) is 2.51. The molecule has 3 N–H and O–H groups in total. The number of rotatable bonds is 1. The Kier molecular flexibility index (Phi) is 3.75. The first-order chi connectivity index (χ1) is 11.0. The van der Waals surface area contributed by atoms with Crippen molar-refractivity contribution < 1.29 is 0 Å². The minimum absolute atomic E-state index is 0.255. The quantitative estimate of drug-likeness (QED) is 0.548. The van der Waals surface area contributed by atoms with Gasteiger partial charge in [0.15, 0.2) is 0 Å². The molecule has 5 heteroatoms. The minimum atomic E-state index is 0.255. The fourth-order valence-corrected chi connectivity index (χ4v) is 4.54. The van der Waals surface area contributed by atoms with Crippen molar-refractivity contribution in [2.45, 2.75) is 24.8 Å². The van der Waals surface area contributed by atoms with Gasteiger partial charge in [0.25, 0.3) is 0 Å². The summed E-state index contributed by atoms with van der Waals surface area (Å²) < 4.78 is 0. The number of thiocarbonyl (C=S) groups is 1. The smallest absolute Gasteiger partial charge is 0.0758 e. The van der Waals surface area contributed by atoms with Crippen LogP contribution in [-0.4, -0.2) is 4.99 Å². The van der Waals surface area contributed by atoms with Crippen molar-refractivity contribution >= 4 is 46.1 Å². The molecule has 2 aromatic rings. The van der Waals surface area contributed by atoms with Gasteiger partial charge < -0.3 is 11.1 Å². The number of nitrogen functional groups attached to an aromatic ring is 1. The van der Waals surface area contributed by atoms with Gasteiger partial charge in [0.05, 0.1) is 21.7 Å². The van der Waals surface area contributed by atoms with Gasteiger partial charge in [-0.25, -0.2) is 0 Å². The molecule has 0 radical (unpaired) electrons. The summed E-state index contributed by atoms with van der Waals surface area (Å²) in [5.41, 5.74) is 10.4. The molecule has 0 amide bonds. The second-order valence-electron chi connectivity index (χ2n) is 6.28. The van der Waals surface area contributed by atoms with E-state index in [9.17, 15) is 0 Å². The normalized spacial score (nSPS) is 25.7. The Hall–Kier alpha value is -1.29. The van der Waals surface area contributed by atoms with Gasteiger partial charge in [-0.15, -0.1) is 0 Å². The van der Waals surface area contributed by atoms with Gasteiger partial charge >= 0.3 is 0 Å². The van der Waals surface area contributed by atoms with Crippen LogP contribution in [0.3, 0.4) is 0 Å². The molecule has 1 heterocycles. The summed E-state index contributed by atoms with van der Waals surface area (Å²) in [7, 11) is 0. The maximum Gasteiger partial charge on any atom is 0.0758 e. The average molecular weight is 363 g/mol. The van der Waals surface area contributed by atoms with E-state index < -0.39 is 0 Å². The van der Waals surface area contributed by atoms with Crippen LogP contribution in [0.5, 0.6) is 0 Å². The molecule has 0 spiro atoms. The Morgan fingerprint density at radius 3 is 2.70 bits per heavy atom. The van der Waals surface area contributed by atoms with E-state index >= 15 is 0 Å². The highest BCUT2D eigenvalue weighted by Crippen LogP contribution is 2.52. The fraction of sp³-hybridized carbons (Fsp3) is 0.278. The van der Waals surface area contributed by atoms with Gasteiger partial charge in [0, 0.05) is 10.9 Å². The van der Waals surface area contributed by atoms with E-state index in [4.69, 9.17) is 41.2 Å². The maximum absolute atomic E-state index is 6.27. The molecular weight excluding hydrogens is 347 g/mol. The van der Waals surface area contributed by atoms with Crippen LogP contribution in [0.1, 0.15) is 41.5 Å². The molecule has 0 bridgehead atoms. The number of halogens is 2. The van der Waals surface area contributed by atoms with Crippen LogP contribution < -0.4 is 11.1 Å². The zero-order valence-corrected chi connectivity index (χ0v) is 14.7. The Bertz CT molecular complexity index is 806. The van der Waals surface area contributed by atoms with E-state index in [2.05, 4.69) is 23.5 Å². The van der Waals surface area contributed by atoms with Gasteiger partial charge in [-0.1, -0.05) is 47.6 Å². The van der Waals surface area contributed by atoms with Crippen molar-refractivity contribution in [3.63, 3.8) is 0 Å². The largest absolute Gasteiger partial charge is 0.398 e. The molecule has 0 aromatic heterocycles. The van der Waals surface area contributed by atoms with E-state index in [-0.39, 0.29) is 12.0 Å². The third-order valence-electron chi connectivity index (χ3n) is 4.98. The highest BCUT2D eigenvalue weighted by Gasteiger charge is 2.43. The van der Waals surface area contributed by atoms with Crippen LogP contribution >= 0.6 is 35.4 Å². The molecule has 2 nitrogen and oxygen atoms in total. The summed E-state index contributed by atoms with van der Waals surface area (Å²) in [6, 6.07) is 12.4. The van der Waals surface area contributed by atoms with Crippen LogP contribution in [0.25, 0.3) is 0 Å². The summed E-state index contributed by atoms with van der Waals surface area (Å²) in [5.74, 6) is 0.722. The Morgan fingerprint density at radius 2 is 1.91 bits per heavy atom. The second-order valence-corrected chi connectivity index (χ2v) is 7.62. The lowest BCUT2D eigenvalue weighted by Gasteiger charge is -2.32. The topological polar surface area (TPSA) is 38.0 Å². The predicted molar refractivity (Wildman–Crippen MR) is 100 cm³/mol. The number of nitrogens with two attached hydrogens (primary N) is 1. The maximum atomic E-state index is 6.27. The molecule has 1 aliphatic carbocycles. The number of hydrogen-bond acceptors (Lipinski definition) is 2. The SMILES string of the molecule is Nc1cc(C2c3cc(Cl)ccc3C3NC(=S)CCC32)ccc1Cl. The molecule has 0 saturated carbocycles. The van der Waals surface area contributed by atoms with Crippen molar-refractivity contribution in [2.75, 3.05) is 5.73 Å². The van der Waals surface area contributed by atoms with Crippen LogP contribution in [0.2, 0.25) is 10.0 Å². The first-order valence-electron chi connectivity index (χ1n) is 7.68. The van der Waals surface area contributed by atoms with Crippen LogP contribution in [-0.2, 0) is 0 Å². The average Bonchev–Trinajstić information content (AvgIpc) is 2.83. The van der Waals surface area contributed by atoms with Crippen molar-refractivity contribution in [1.82, 2.24) is 5.32 Å². The molecule has 1 aliphatic heterocycles. The van der Waals surface area contributed by atoms with E-state index in [1.54, 1.807) is 0 Å². The number of benzene rings is 2. The lowest BCUT2D eigenvalue weighted by Crippen LogP contribution is -2.36. The zero-order valence-electron chi connectivity index (χ0n) is 12.4. The Labute approximate surface area is 151 Å². The van der Waals surface area contributed by atoms with Crippen molar-refractivity contribution in [2.24, 2.45) is 5.92 Å². The summed E-state index contributed by atoms with van der Waals surface area (Å²) in [6.07, 6.45) is 1.99. The summed E-state index contributed by atoms with van der Waals surface area (Å²) >= 11 is 17.8. The van der Waals surface area contributed by atoms with E-state index in [1.807, 2.05) is 18.2 Å². The highest BCUT2D eigenvalue weighted by molar-refractivity contribution is 7.80. The Balaban J connectivity index is 1.86.